The summed E-state index contributed by atoms with van der Waals surface area (Å²) in [6.45, 7) is 0.429. The molecule has 0 amide bonds. The van der Waals surface area contributed by atoms with Gasteiger partial charge in [0.2, 0.25) is 5.95 Å². The third-order valence-electron chi connectivity index (χ3n) is 2.97. The second-order valence-corrected chi connectivity index (χ2v) is 4.39. The van der Waals surface area contributed by atoms with Gasteiger partial charge in [-0.3, -0.25) is 9.78 Å². The number of phenolic OH excluding ortho intramolecular Hbond substituents is 1. The van der Waals surface area contributed by atoms with Gasteiger partial charge in [0.25, 0.3) is 5.56 Å². The van der Waals surface area contributed by atoms with Crippen molar-refractivity contribution in [1.82, 2.24) is 15.0 Å². The summed E-state index contributed by atoms with van der Waals surface area (Å²) in [5.74, 6) is 0.262. The van der Waals surface area contributed by atoms with E-state index < -0.39 is 0 Å². The fraction of sp³-hybridized carbons (Fsp3) is 0.0769. The number of aromatic nitrogens is 3. The number of nitrogens with two attached hydrogens (primary N) is 1. The van der Waals surface area contributed by atoms with Crippen LogP contribution in [0.5, 0.6) is 5.75 Å². The van der Waals surface area contributed by atoms with Crippen LogP contribution in [-0.4, -0.2) is 20.1 Å². The lowest BCUT2D eigenvalue weighted by Crippen LogP contribution is -2.12. The van der Waals surface area contributed by atoms with Gasteiger partial charge >= 0.3 is 0 Å². The second kappa shape index (κ2) is 4.61. The first-order chi connectivity index (χ1) is 9.63. The van der Waals surface area contributed by atoms with Gasteiger partial charge in [-0.1, -0.05) is 6.07 Å². The molecule has 0 saturated carbocycles. The molecule has 1 aromatic carbocycles. The number of fused-ring (bicyclic) bond motifs is 1. The highest BCUT2D eigenvalue weighted by molar-refractivity contribution is 5.79. The zero-order chi connectivity index (χ0) is 14.1. The molecule has 20 heavy (non-hydrogen) atoms. The molecular formula is C13H13N5O2. The number of aromatic hydroxyl groups is 1. The molecule has 0 atom stereocenters. The number of rotatable bonds is 3. The van der Waals surface area contributed by atoms with Crippen molar-refractivity contribution in [3.63, 3.8) is 0 Å². The maximum atomic E-state index is 11.9. The first-order valence-corrected chi connectivity index (χ1v) is 6.02. The number of nitrogen functional groups attached to an aromatic ring is 1. The largest absolute Gasteiger partial charge is 0.508 e. The molecule has 6 N–H and O–H groups in total. The maximum absolute atomic E-state index is 11.9. The summed E-state index contributed by atoms with van der Waals surface area (Å²) >= 11 is 0. The Kier molecular flexibility index (Phi) is 2.79. The molecule has 2 aromatic heterocycles. The minimum atomic E-state index is -0.276. The van der Waals surface area contributed by atoms with Gasteiger partial charge in [-0.15, -0.1) is 0 Å². The van der Waals surface area contributed by atoms with Gasteiger partial charge in [-0.2, -0.15) is 4.98 Å². The summed E-state index contributed by atoms with van der Waals surface area (Å²) in [5, 5.41) is 13.0. The minimum Gasteiger partial charge on any atom is -0.508 e. The molecule has 0 spiro atoms. The summed E-state index contributed by atoms with van der Waals surface area (Å²) in [7, 11) is 0. The molecule has 102 valence electrons. The molecule has 0 radical (unpaired) electrons. The third kappa shape index (κ3) is 2.16. The van der Waals surface area contributed by atoms with E-state index in [0.29, 0.717) is 17.6 Å². The van der Waals surface area contributed by atoms with Crippen molar-refractivity contribution in [2.45, 2.75) is 6.54 Å². The van der Waals surface area contributed by atoms with Crippen LogP contribution in [0.15, 0.2) is 35.3 Å². The Labute approximate surface area is 113 Å². The molecule has 3 rings (SSSR count). The average Bonchev–Trinajstić information content (AvgIpc) is 2.79. The molecule has 7 heteroatoms. The van der Waals surface area contributed by atoms with Crippen LogP contribution in [0.25, 0.3) is 11.0 Å². The van der Waals surface area contributed by atoms with Crippen LogP contribution in [0.4, 0.5) is 11.6 Å². The van der Waals surface area contributed by atoms with Crippen molar-refractivity contribution in [1.29, 1.82) is 0 Å². The molecule has 0 bridgehead atoms. The fourth-order valence-electron chi connectivity index (χ4n) is 2.07. The SMILES string of the molecule is Nc1nc2[nH]cc(CNc3cccc(O)c3)c2c(=O)[nH]1. The van der Waals surface area contributed by atoms with Crippen molar-refractivity contribution in [2.24, 2.45) is 0 Å². The molecule has 0 aliphatic heterocycles. The lowest BCUT2D eigenvalue weighted by atomic mass is 10.2. The fourth-order valence-corrected chi connectivity index (χ4v) is 2.07. The Bertz CT molecular complexity index is 821. The molecule has 2 heterocycles. The van der Waals surface area contributed by atoms with Crippen molar-refractivity contribution in [2.75, 3.05) is 11.1 Å². The summed E-state index contributed by atoms with van der Waals surface area (Å²) < 4.78 is 0. The molecule has 0 unspecified atom stereocenters. The summed E-state index contributed by atoms with van der Waals surface area (Å²) in [6, 6.07) is 6.76. The summed E-state index contributed by atoms with van der Waals surface area (Å²) in [6.07, 6.45) is 1.71. The highest BCUT2D eigenvalue weighted by Crippen LogP contribution is 2.18. The molecule has 3 aromatic rings. The monoisotopic (exact) mass is 271 g/mol. The lowest BCUT2D eigenvalue weighted by molar-refractivity contribution is 0.475. The standard InChI is InChI=1S/C13H13N5O2/c14-13-17-11-10(12(20)18-13)7(6-16-11)5-15-8-2-1-3-9(19)4-8/h1-4,6,15,19H,5H2,(H4,14,16,17,18,20). The van der Waals surface area contributed by atoms with Gasteiger partial charge in [0.05, 0.1) is 5.39 Å². The van der Waals surface area contributed by atoms with Crippen LogP contribution >= 0.6 is 0 Å². The van der Waals surface area contributed by atoms with E-state index >= 15 is 0 Å². The topological polar surface area (TPSA) is 120 Å². The van der Waals surface area contributed by atoms with Gasteiger partial charge in [0.1, 0.15) is 11.4 Å². The number of benzene rings is 1. The second-order valence-electron chi connectivity index (χ2n) is 4.39. The number of phenols is 1. The van der Waals surface area contributed by atoms with E-state index in [1.807, 2.05) is 6.07 Å². The highest BCUT2D eigenvalue weighted by Gasteiger charge is 2.09. The number of anilines is 2. The van der Waals surface area contributed by atoms with Crippen molar-refractivity contribution >= 4 is 22.7 Å². The van der Waals surface area contributed by atoms with Gasteiger partial charge in [0.15, 0.2) is 0 Å². The minimum absolute atomic E-state index is 0.0804. The Morgan fingerprint density at radius 2 is 2.25 bits per heavy atom. The van der Waals surface area contributed by atoms with Crippen LogP contribution in [0, 0.1) is 0 Å². The first-order valence-electron chi connectivity index (χ1n) is 6.02. The Balaban J connectivity index is 1.90. The lowest BCUT2D eigenvalue weighted by Gasteiger charge is -2.05. The number of H-pyrrole nitrogens is 2. The smallest absolute Gasteiger partial charge is 0.262 e. The van der Waals surface area contributed by atoms with Gasteiger partial charge in [-0.05, 0) is 12.1 Å². The van der Waals surface area contributed by atoms with Crippen LogP contribution in [0.3, 0.4) is 0 Å². The van der Waals surface area contributed by atoms with E-state index in [-0.39, 0.29) is 17.3 Å². The van der Waals surface area contributed by atoms with Gasteiger partial charge in [0, 0.05) is 30.1 Å². The normalized spacial score (nSPS) is 10.8. The maximum Gasteiger partial charge on any atom is 0.262 e. The van der Waals surface area contributed by atoms with E-state index in [1.54, 1.807) is 24.4 Å². The van der Waals surface area contributed by atoms with Gasteiger partial charge < -0.3 is 21.1 Å². The van der Waals surface area contributed by atoms with Crippen molar-refractivity contribution in [3.05, 3.63) is 46.4 Å². The Hall–Kier alpha value is -2.96. The van der Waals surface area contributed by atoms with E-state index in [4.69, 9.17) is 5.73 Å². The molecule has 0 fully saturated rings. The first kappa shape index (κ1) is 12.1. The predicted molar refractivity (Wildman–Crippen MR) is 76.6 cm³/mol. The Morgan fingerprint density at radius 1 is 1.40 bits per heavy atom. The molecule has 0 aliphatic carbocycles. The van der Waals surface area contributed by atoms with Crippen LogP contribution < -0.4 is 16.6 Å². The number of hydrogen-bond donors (Lipinski definition) is 5. The third-order valence-corrected chi connectivity index (χ3v) is 2.97. The number of hydrogen-bond acceptors (Lipinski definition) is 5. The van der Waals surface area contributed by atoms with Crippen LogP contribution in [0.1, 0.15) is 5.56 Å². The molecule has 0 aliphatic rings. The van der Waals surface area contributed by atoms with Crippen LogP contribution in [-0.2, 0) is 6.54 Å². The zero-order valence-corrected chi connectivity index (χ0v) is 10.5. The van der Waals surface area contributed by atoms with Crippen LogP contribution in [0.2, 0.25) is 0 Å². The van der Waals surface area contributed by atoms with Gasteiger partial charge in [-0.25, -0.2) is 0 Å². The van der Waals surface area contributed by atoms with Crippen molar-refractivity contribution in [3.8, 4) is 5.75 Å². The quantitative estimate of drug-likeness (QED) is 0.489. The number of nitrogens with one attached hydrogen (secondary N) is 3. The Morgan fingerprint density at radius 3 is 3.05 bits per heavy atom. The number of aromatic amines is 2. The van der Waals surface area contributed by atoms with E-state index in [2.05, 4.69) is 20.3 Å². The van der Waals surface area contributed by atoms with E-state index in [1.165, 1.54) is 0 Å². The summed E-state index contributed by atoms with van der Waals surface area (Å²) in [5.41, 5.74) is 7.20. The zero-order valence-electron chi connectivity index (χ0n) is 10.5. The van der Waals surface area contributed by atoms with E-state index in [9.17, 15) is 9.90 Å². The molecule has 0 saturated heterocycles. The average molecular weight is 271 g/mol. The van der Waals surface area contributed by atoms with Crippen molar-refractivity contribution < 1.29 is 5.11 Å². The number of nitrogens with zero attached hydrogens (tertiary/aromatic N) is 1. The van der Waals surface area contributed by atoms with E-state index in [0.717, 1.165) is 11.3 Å². The molecular weight excluding hydrogens is 258 g/mol. The highest BCUT2D eigenvalue weighted by atomic mass is 16.3. The predicted octanol–water partition coefficient (Wildman–Crippen LogP) is 1.15. The molecule has 7 nitrogen and oxygen atoms in total. The summed E-state index contributed by atoms with van der Waals surface area (Å²) in [4.78, 5) is 21.3.